The van der Waals surface area contributed by atoms with Crippen LogP contribution in [0.3, 0.4) is 0 Å². The molecule has 7 heteroatoms. The molecular formula is C12H22F3N3O. The van der Waals surface area contributed by atoms with Gasteiger partial charge in [0.2, 0.25) is 0 Å². The minimum absolute atomic E-state index is 0.158. The van der Waals surface area contributed by atoms with Crippen LogP contribution in [0.4, 0.5) is 13.2 Å². The molecule has 0 bridgehead atoms. The number of ether oxygens (including phenoxy) is 1. The largest absolute Gasteiger partial charge is 0.390 e. The van der Waals surface area contributed by atoms with Crippen molar-refractivity contribution in [2.75, 3.05) is 33.9 Å². The lowest BCUT2D eigenvalue weighted by Gasteiger charge is -2.18. The number of aliphatic imine (C=N–C) groups is 1. The number of rotatable bonds is 7. The van der Waals surface area contributed by atoms with E-state index in [0.29, 0.717) is 12.6 Å². The number of halogens is 3. The standard InChI is InChI=1S/C12H22F3N3O/c1-16-10(17-7-5-12(13,14)15)18-9-11(3-4-11)6-8-19-2/h3-9H2,1-2H3,(H2,16,17,18). The van der Waals surface area contributed by atoms with E-state index in [1.165, 1.54) is 0 Å². The van der Waals surface area contributed by atoms with Gasteiger partial charge in [0.25, 0.3) is 0 Å². The molecule has 0 heterocycles. The van der Waals surface area contributed by atoms with E-state index in [4.69, 9.17) is 4.74 Å². The van der Waals surface area contributed by atoms with E-state index in [1.54, 1.807) is 14.2 Å². The van der Waals surface area contributed by atoms with E-state index in [1.807, 2.05) is 0 Å². The van der Waals surface area contributed by atoms with Crippen LogP contribution in [0.15, 0.2) is 4.99 Å². The Labute approximate surface area is 111 Å². The molecule has 112 valence electrons. The van der Waals surface area contributed by atoms with Gasteiger partial charge in [0.15, 0.2) is 5.96 Å². The third kappa shape index (κ3) is 6.66. The lowest BCUT2D eigenvalue weighted by molar-refractivity contribution is -0.132. The molecule has 0 spiro atoms. The summed E-state index contributed by atoms with van der Waals surface area (Å²) in [5.41, 5.74) is 0.234. The van der Waals surface area contributed by atoms with Gasteiger partial charge >= 0.3 is 6.18 Å². The van der Waals surface area contributed by atoms with Crippen LogP contribution in [0.1, 0.15) is 25.7 Å². The highest BCUT2D eigenvalue weighted by atomic mass is 19.4. The van der Waals surface area contributed by atoms with E-state index in [9.17, 15) is 13.2 Å². The monoisotopic (exact) mass is 281 g/mol. The summed E-state index contributed by atoms with van der Waals surface area (Å²) in [5.74, 6) is 0.424. The van der Waals surface area contributed by atoms with Crippen LogP contribution in [0.25, 0.3) is 0 Å². The molecule has 2 N–H and O–H groups in total. The van der Waals surface area contributed by atoms with Crippen LogP contribution in [0.2, 0.25) is 0 Å². The maximum Gasteiger partial charge on any atom is 0.390 e. The van der Waals surface area contributed by atoms with E-state index >= 15 is 0 Å². The number of hydrogen-bond acceptors (Lipinski definition) is 2. The molecule has 1 saturated carbocycles. The number of nitrogens with one attached hydrogen (secondary N) is 2. The van der Waals surface area contributed by atoms with E-state index in [0.717, 1.165) is 25.8 Å². The number of nitrogens with zero attached hydrogens (tertiary/aromatic N) is 1. The predicted molar refractivity (Wildman–Crippen MR) is 68.2 cm³/mol. The van der Waals surface area contributed by atoms with E-state index in [-0.39, 0.29) is 12.0 Å². The van der Waals surface area contributed by atoms with Gasteiger partial charge in [-0.1, -0.05) is 0 Å². The van der Waals surface area contributed by atoms with Gasteiger partial charge in [-0.05, 0) is 24.7 Å². The Hall–Kier alpha value is -0.980. The SMILES string of the molecule is CN=C(NCCC(F)(F)F)NCC1(CCOC)CC1. The zero-order chi connectivity index (χ0) is 14.4. The summed E-state index contributed by atoms with van der Waals surface area (Å²) in [6.07, 6.45) is -1.77. The van der Waals surface area contributed by atoms with Crippen molar-refractivity contribution in [3.05, 3.63) is 0 Å². The molecule has 0 saturated heterocycles. The summed E-state index contributed by atoms with van der Waals surface area (Å²) < 4.78 is 41.1. The highest BCUT2D eigenvalue weighted by Crippen LogP contribution is 2.48. The fraction of sp³-hybridized carbons (Fsp3) is 0.917. The molecule has 4 nitrogen and oxygen atoms in total. The van der Waals surface area contributed by atoms with Crippen LogP contribution >= 0.6 is 0 Å². The maximum absolute atomic E-state index is 12.0. The first-order chi connectivity index (χ1) is 8.91. The molecule has 0 atom stereocenters. The summed E-state index contributed by atoms with van der Waals surface area (Å²) in [7, 11) is 3.22. The molecule has 0 radical (unpaired) electrons. The fourth-order valence-corrected chi connectivity index (χ4v) is 1.82. The van der Waals surface area contributed by atoms with Crippen molar-refractivity contribution in [2.24, 2.45) is 10.4 Å². The van der Waals surface area contributed by atoms with Gasteiger partial charge in [-0.2, -0.15) is 13.2 Å². The normalized spacial score (nSPS) is 18.3. The Morgan fingerprint density at radius 2 is 2.00 bits per heavy atom. The van der Waals surface area contributed by atoms with Crippen LogP contribution in [0, 0.1) is 5.41 Å². The van der Waals surface area contributed by atoms with Crippen molar-refractivity contribution < 1.29 is 17.9 Å². The topological polar surface area (TPSA) is 45.7 Å². The average Bonchev–Trinajstić information content (AvgIpc) is 3.10. The molecule has 19 heavy (non-hydrogen) atoms. The van der Waals surface area contributed by atoms with Crippen molar-refractivity contribution in [2.45, 2.75) is 31.9 Å². The van der Waals surface area contributed by atoms with E-state index < -0.39 is 12.6 Å². The van der Waals surface area contributed by atoms with Gasteiger partial charge in [-0.25, -0.2) is 0 Å². The average molecular weight is 281 g/mol. The second-order valence-electron chi connectivity index (χ2n) is 4.96. The molecule has 0 aromatic heterocycles. The van der Waals surface area contributed by atoms with Gasteiger partial charge in [0.1, 0.15) is 0 Å². The minimum Gasteiger partial charge on any atom is -0.385 e. The quantitative estimate of drug-likeness (QED) is 0.553. The maximum atomic E-state index is 12.0. The highest BCUT2D eigenvalue weighted by Gasteiger charge is 2.41. The Morgan fingerprint density at radius 3 is 2.47 bits per heavy atom. The van der Waals surface area contributed by atoms with Crippen molar-refractivity contribution in [3.8, 4) is 0 Å². The van der Waals surface area contributed by atoms with Crippen LogP contribution in [0.5, 0.6) is 0 Å². The van der Waals surface area contributed by atoms with Gasteiger partial charge < -0.3 is 15.4 Å². The Balaban J connectivity index is 2.22. The molecule has 0 aromatic rings. The fourth-order valence-electron chi connectivity index (χ4n) is 1.82. The van der Waals surface area contributed by atoms with Crippen LogP contribution in [-0.2, 0) is 4.74 Å². The molecule has 1 aliphatic rings. The van der Waals surface area contributed by atoms with Crippen molar-refractivity contribution in [1.29, 1.82) is 0 Å². The lowest BCUT2D eigenvalue weighted by atomic mass is 10.0. The first-order valence-electron chi connectivity index (χ1n) is 6.41. The smallest absolute Gasteiger partial charge is 0.385 e. The summed E-state index contributed by atoms with van der Waals surface area (Å²) in [6.45, 7) is 1.28. The number of guanidine groups is 1. The zero-order valence-corrected chi connectivity index (χ0v) is 11.4. The van der Waals surface area contributed by atoms with Crippen LogP contribution < -0.4 is 10.6 Å². The molecule has 0 amide bonds. The first kappa shape index (κ1) is 16.1. The zero-order valence-electron chi connectivity index (χ0n) is 11.4. The number of hydrogen-bond donors (Lipinski definition) is 2. The summed E-state index contributed by atoms with van der Waals surface area (Å²) in [4.78, 5) is 3.91. The van der Waals surface area contributed by atoms with Crippen molar-refractivity contribution >= 4 is 5.96 Å². The second kappa shape index (κ2) is 6.98. The summed E-state index contributed by atoms with van der Waals surface area (Å²) in [6, 6.07) is 0. The molecule has 0 aliphatic heterocycles. The number of alkyl halides is 3. The first-order valence-corrected chi connectivity index (χ1v) is 6.41. The lowest BCUT2D eigenvalue weighted by Crippen LogP contribution is -2.41. The molecule has 0 aromatic carbocycles. The van der Waals surface area contributed by atoms with Crippen molar-refractivity contribution in [3.63, 3.8) is 0 Å². The highest BCUT2D eigenvalue weighted by molar-refractivity contribution is 5.79. The second-order valence-corrected chi connectivity index (χ2v) is 4.96. The summed E-state index contributed by atoms with van der Waals surface area (Å²) >= 11 is 0. The van der Waals surface area contributed by atoms with Gasteiger partial charge in [-0.3, -0.25) is 4.99 Å². The molecule has 1 rings (SSSR count). The third-order valence-electron chi connectivity index (χ3n) is 3.35. The molecule has 0 unspecified atom stereocenters. The predicted octanol–water partition coefficient (Wildman–Crippen LogP) is 1.92. The number of methoxy groups -OCH3 is 1. The Kier molecular flexibility index (Phi) is 5.90. The van der Waals surface area contributed by atoms with Gasteiger partial charge in [-0.15, -0.1) is 0 Å². The molecule has 1 fully saturated rings. The third-order valence-corrected chi connectivity index (χ3v) is 3.35. The summed E-state index contributed by atoms with van der Waals surface area (Å²) in [5, 5.41) is 5.75. The van der Waals surface area contributed by atoms with E-state index in [2.05, 4.69) is 15.6 Å². The van der Waals surface area contributed by atoms with Gasteiger partial charge in [0.05, 0.1) is 6.42 Å². The Bertz CT molecular complexity index is 301. The van der Waals surface area contributed by atoms with Crippen molar-refractivity contribution in [1.82, 2.24) is 10.6 Å². The minimum atomic E-state index is -4.14. The molecular weight excluding hydrogens is 259 g/mol. The van der Waals surface area contributed by atoms with Gasteiger partial charge in [0, 0.05) is 33.9 Å². The van der Waals surface area contributed by atoms with Crippen LogP contribution in [-0.4, -0.2) is 46.0 Å². The molecule has 1 aliphatic carbocycles. The Morgan fingerprint density at radius 1 is 1.32 bits per heavy atom.